The minimum absolute atomic E-state index is 0.526. The molecule has 0 aliphatic rings. The number of thioether (sulfide) groups is 1. The molecule has 0 aliphatic carbocycles. The van der Waals surface area contributed by atoms with Crippen LogP contribution in [0.5, 0.6) is 0 Å². The fraction of sp³-hybridized carbons (Fsp3) is 0.789. The second-order valence-corrected chi connectivity index (χ2v) is 10.9. The standard InChI is InChI=1S/C19H35S3/c1-4-7-10-15-20-18-13-14-19(21-18)22(16-11-8-5-2)17-12-9-6-3/h13-14H,4-12,15-17H2,1-3H3/q+1. The van der Waals surface area contributed by atoms with Crippen LogP contribution in [0, 0.1) is 0 Å². The van der Waals surface area contributed by atoms with Gasteiger partial charge in [-0.3, -0.25) is 0 Å². The Morgan fingerprint density at radius 2 is 1.41 bits per heavy atom. The maximum atomic E-state index is 2.44. The van der Waals surface area contributed by atoms with Crippen LogP contribution in [-0.2, 0) is 10.9 Å². The van der Waals surface area contributed by atoms with Crippen molar-refractivity contribution in [2.24, 2.45) is 0 Å². The molecule has 0 nitrogen and oxygen atoms in total. The van der Waals surface area contributed by atoms with Crippen LogP contribution in [-0.4, -0.2) is 17.3 Å². The number of unbranched alkanes of at least 4 members (excludes halogenated alkanes) is 6. The van der Waals surface area contributed by atoms with Gasteiger partial charge in [-0.15, -0.1) is 11.8 Å². The van der Waals surface area contributed by atoms with Crippen LogP contribution in [0.2, 0.25) is 0 Å². The molecular weight excluding hydrogens is 324 g/mol. The molecular formula is C19H35S3+. The quantitative estimate of drug-likeness (QED) is 0.189. The molecule has 0 unspecified atom stereocenters. The summed E-state index contributed by atoms with van der Waals surface area (Å²) in [4.78, 5) is 0. The zero-order valence-electron chi connectivity index (χ0n) is 14.9. The van der Waals surface area contributed by atoms with Crippen molar-refractivity contribution in [2.45, 2.75) is 87.0 Å². The molecule has 1 aromatic rings. The second kappa shape index (κ2) is 13.8. The van der Waals surface area contributed by atoms with Gasteiger partial charge < -0.3 is 0 Å². The van der Waals surface area contributed by atoms with E-state index in [1.165, 1.54) is 75.0 Å². The van der Waals surface area contributed by atoms with Gasteiger partial charge in [-0.1, -0.05) is 57.8 Å². The van der Waals surface area contributed by atoms with E-state index in [9.17, 15) is 0 Å². The lowest BCUT2D eigenvalue weighted by atomic mass is 10.3. The maximum absolute atomic E-state index is 2.44. The summed E-state index contributed by atoms with van der Waals surface area (Å²) in [7, 11) is 0.526. The van der Waals surface area contributed by atoms with Gasteiger partial charge in [-0.2, -0.15) is 0 Å². The Hall–Kier alpha value is 0.400. The van der Waals surface area contributed by atoms with Crippen LogP contribution < -0.4 is 0 Å². The predicted octanol–water partition coefficient (Wildman–Crippen LogP) is 7.39. The highest BCUT2D eigenvalue weighted by atomic mass is 32.2. The SMILES string of the molecule is CCCCCSc1ccc([S+](CCCCC)CCCCC)s1. The average molecular weight is 360 g/mol. The first-order valence-corrected chi connectivity index (χ1v) is 12.6. The Morgan fingerprint density at radius 1 is 0.818 bits per heavy atom. The van der Waals surface area contributed by atoms with E-state index in [-0.39, 0.29) is 0 Å². The molecule has 22 heavy (non-hydrogen) atoms. The van der Waals surface area contributed by atoms with Gasteiger partial charge in [0.2, 0.25) is 4.21 Å². The van der Waals surface area contributed by atoms with Crippen molar-refractivity contribution in [1.82, 2.24) is 0 Å². The number of hydrogen-bond acceptors (Lipinski definition) is 2. The van der Waals surface area contributed by atoms with Crippen molar-refractivity contribution in [3.8, 4) is 0 Å². The van der Waals surface area contributed by atoms with E-state index >= 15 is 0 Å². The fourth-order valence-corrected chi connectivity index (χ4v) is 7.73. The number of hydrogen-bond donors (Lipinski definition) is 0. The lowest BCUT2D eigenvalue weighted by Gasteiger charge is -2.06. The van der Waals surface area contributed by atoms with E-state index < -0.39 is 0 Å². The van der Waals surface area contributed by atoms with Crippen LogP contribution in [0.25, 0.3) is 0 Å². The summed E-state index contributed by atoms with van der Waals surface area (Å²) in [6.45, 7) is 6.91. The van der Waals surface area contributed by atoms with Gasteiger partial charge in [0.25, 0.3) is 0 Å². The molecule has 0 amide bonds. The Labute approximate surface area is 150 Å². The molecule has 0 atom stereocenters. The molecule has 1 rings (SSSR count). The van der Waals surface area contributed by atoms with Crippen LogP contribution in [0.1, 0.15) is 78.6 Å². The molecule has 0 fully saturated rings. The van der Waals surface area contributed by atoms with Crippen molar-refractivity contribution in [2.75, 3.05) is 17.3 Å². The highest BCUT2D eigenvalue weighted by Crippen LogP contribution is 2.33. The van der Waals surface area contributed by atoms with Gasteiger partial charge in [0.15, 0.2) is 0 Å². The van der Waals surface area contributed by atoms with Crippen molar-refractivity contribution in [1.29, 1.82) is 0 Å². The monoisotopic (exact) mass is 359 g/mol. The third-order valence-electron chi connectivity index (χ3n) is 3.82. The van der Waals surface area contributed by atoms with Gasteiger partial charge in [0.05, 0.1) is 4.21 Å². The zero-order chi connectivity index (χ0) is 16.0. The average Bonchev–Trinajstić information content (AvgIpc) is 2.99. The number of thiophene rings is 1. The lowest BCUT2D eigenvalue weighted by Crippen LogP contribution is -2.11. The predicted molar refractivity (Wildman–Crippen MR) is 109 cm³/mol. The van der Waals surface area contributed by atoms with E-state index in [0.29, 0.717) is 10.9 Å². The van der Waals surface area contributed by atoms with E-state index in [1.54, 1.807) is 8.42 Å². The van der Waals surface area contributed by atoms with Crippen LogP contribution >= 0.6 is 23.1 Å². The van der Waals surface area contributed by atoms with Crippen LogP contribution in [0.15, 0.2) is 20.6 Å². The van der Waals surface area contributed by atoms with Crippen molar-refractivity contribution < 1.29 is 0 Å². The summed E-state index contributed by atoms with van der Waals surface area (Å²) in [5.41, 5.74) is 0. The molecule has 128 valence electrons. The molecule has 0 aliphatic heterocycles. The van der Waals surface area contributed by atoms with E-state index in [0.717, 1.165) is 0 Å². The molecule has 0 spiro atoms. The van der Waals surface area contributed by atoms with Gasteiger partial charge in [-0.25, -0.2) is 0 Å². The first-order valence-electron chi connectivity index (χ1n) is 9.21. The summed E-state index contributed by atoms with van der Waals surface area (Å²) >= 11 is 4.17. The Morgan fingerprint density at radius 3 is 2.00 bits per heavy atom. The zero-order valence-corrected chi connectivity index (χ0v) is 17.3. The summed E-state index contributed by atoms with van der Waals surface area (Å²) in [6.07, 6.45) is 12.4. The Bertz CT molecular complexity index is 349. The molecule has 0 saturated carbocycles. The molecule has 3 heteroatoms. The third kappa shape index (κ3) is 8.88. The molecule has 1 aromatic heterocycles. The summed E-state index contributed by atoms with van der Waals surface area (Å²) in [5, 5.41) is 0. The summed E-state index contributed by atoms with van der Waals surface area (Å²) in [6, 6.07) is 4.82. The lowest BCUT2D eigenvalue weighted by molar-refractivity contribution is 0.764. The topological polar surface area (TPSA) is 0 Å². The molecule has 0 N–H and O–H groups in total. The first-order chi connectivity index (χ1) is 10.8. The minimum atomic E-state index is 0.526. The Kier molecular flexibility index (Phi) is 12.8. The molecule has 0 radical (unpaired) electrons. The summed E-state index contributed by atoms with van der Waals surface area (Å²) in [5.74, 6) is 4.16. The van der Waals surface area contributed by atoms with Gasteiger partial charge >= 0.3 is 0 Å². The largest absolute Gasteiger partial charge is 0.209 e. The van der Waals surface area contributed by atoms with Crippen LogP contribution in [0.3, 0.4) is 0 Å². The normalized spacial score (nSPS) is 11.5. The smallest absolute Gasteiger partial charge is 0.115 e. The van der Waals surface area contributed by atoms with E-state index in [2.05, 4.69) is 56.0 Å². The van der Waals surface area contributed by atoms with Crippen molar-refractivity contribution in [3.63, 3.8) is 0 Å². The van der Waals surface area contributed by atoms with Gasteiger partial charge in [0.1, 0.15) is 11.5 Å². The molecule has 0 bridgehead atoms. The first kappa shape index (κ1) is 20.4. The second-order valence-electron chi connectivity index (χ2n) is 5.94. The Balaban J connectivity index is 2.47. The number of rotatable bonds is 14. The third-order valence-corrected chi connectivity index (χ3v) is 9.24. The van der Waals surface area contributed by atoms with E-state index in [4.69, 9.17) is 0 Å². The fourth-order valence-electron chi connectivity index (χ4n) is 2.42. The molecule has 0 aromatic carbocycles. The van der Waals surface area contributed by atoms with E-state index in [1.807, 2.05) is 0 Å². The molecule has 0 saturated heterocycles. The molecule has 1 heterocycles. The van der Waals surface area contributed by atoms with Gasteiger partial charge in [0, 0.05) is 17.0 Å². The van der Waals surface area contributed by atoms with Gasteiger partial charge in [-0.05, 0) is 43.9 Å². The maximum Gasteiger partial charge on any atom is 0.209 e. The van der Waals surface area contributed by atoms with Crippen LogP contribution in [0.4, 0.5) is 0 Å². The van der Waals surface area contributed by atoms with Crippen molar-refractivity contribution in [3.05, 3.63) is 12.1 Å². The van der Waals surface area contributed by atoms with Crippen molar-refractivity contribution >= 4 is 34.0 Å². The highest BCUT2D eigenvalue weighted by Gasteiger charge is 2.23. The highest BCUT2D eigenvalue weighted by molar-refractivity contribution is 8.02. The minimum Gasteiger partial charge on any atom is -0.115 e. The summed E-state index contributed by atoms with van der Waals surface area (Å²) < 4.78 is 3.24.